The molecule has 1 aliphatic heterocycles. The molecule has 0 aliphatic carbocycles. The van der Waals surface area contributed by atoms with E-state index in [9.17, 15) is 9.59 Å². The number of carbonyl (C=O) groups excluding carboxylic acids is 1. The van der Waals surface area contributed by atoms with Gasteiger partial charge in [-0.3, -0.25) is 4.79 Å². The van der Waals surface area contributed by atoms with Crippen LogP contribution in [0.25, 0.3) is 0 Å². The van der Waals surface area contributed by atoms with E-state index in [1.807, 2.05) is 18.2 Å². The largest absolute Gasteiger partial charge is 0.479 e. The van der Waals surface area contributed by atoms with Gasteiger partial charge in [0, 0.05) is 12.5 Å². The van der Waals surface area contributed by atoms with Gasteiger partial charge in [0.05, 0.1) is 0 Å². The van der Waals surface area contributed by atoms with Crippen LogP contribution in [0.5, 0.6) is 0 Å². The molecule has 5 nitrogen and oxygen atoms in total. The van der Waals surface area contributed by atoms with Crippen LogP contribution < -0.4 is 5.32 Å². The van der Waals surface area contributed by atoms with Gasteiger partial charge in [0.25, 0.3) is 0 Å². The van der Waals surface area contributed by atoms with E-state index in [2.05, 4.69) is 31.3 Å². The number of hydrogen-bond donors (Lipinski definition) is 2. The van der Waals surface area contributed by atoms with Crippen LogP contribution in [0, 0.1) is 5.92 Å². The summed E-state index contributed by atoms with van der Waals surface area (Å²) in [6.07, 6.45) is -0.657. The first-order valence-corrected chi connectivity index (χ1v) is 7.70. The lowest BCUT2D eigenvalue weighted by Gasteiger charge is -2.22. The number of rotatable bonds is 6. The Balaban J connectivity index is 1.90. The second-order valence-electron chi connectivity index (χ2n) is 6.04. The van der Waals surface area contributed by atoms with E-state index in [4.69, 9.17) is 9.84 Å². The first-order chi connectivity index (χ1) is 10.5. The molecule has 0 spiro atoms. The Bertz CT molecular complexity index is 515. The Morgan fingerprint density at radius 1 is 1.23 bits per heavy atom. The Morgan fingerprint density at radius 2 is 1.86 bits per heavy atom. The fourth-order valence-corrected chi connectivity index (χ4v) is 2.77. The molecule has 1 saturated heterocycles. The van der Waals surface area contributed by atoms with Gasteiger partial charge in [-0.25, -0.2) is 4.79 Å². The first-order valence-electron chi connectivity index (χ1n) is 7.70. The van der Waals surface area contributed by atoms with Crippen molar-refractivity contribution in [1.82, 2.24) is 5.32 Å². The third-order valence-corrected chi connectivity index (χ3v) is 4.12. The fraction of sp³-hybridized carbons (Fsp3) is 0.529. The summed E-state index contributed by atoms with van der Waals surface area (Å²) in [6.45, 7) is 4.77. The van der Waals surface area contributed by atoms with Gasteiger partial charge in [-0.15, -0.1) is 0 Å². The van der Waals surface area contributed by atoms with E-state index >= 15 is 0 Å². The normalized spacial score (nSPS) is 22.5. The van der Waals surface area contributed by atoms with E-state index in [1.165, 1.54) is 5.56 Å². The van der Waals surface area contributed by atoms with Crippen LogP contribution in [0.2, 0.25) is 0 Å². The molecule has 1 aromatic carbocycles. The van der Waals surface area contributed by atoms with E-state index in [-0.39, 0.29) is 11.8 Å². The van der Waals surface area contributed by atoms with Crippen molar-refractivity contribution in [2.24, 2.45) is 5.92 Å². The zero-order valence-corrected chi connectivity index (χ0v) is 13.0. The Labute approximate surface area is 130 Å². The summed E-state index contributed by atoms with van der Waals surface area (Å²) in [4.78, 5) is 23.0. The van der Waals surface area contributed by atoms with Crippen molar-refractivity contribution in [2.75, 3.05) is 6.54 Å². The molecule has 2 N–H and O–H groups in total. The molecule has 1 aliphatic rings. The molecular formula is C17H23NO4. The molecule has 120 valence electrons. The van der Waals surface area contributed by atoms with E-state index < -0.39 is 18.2 Å². The van der Waals surface area contributed by atoms with E-state index in [0.29, 0.717) is 25.3 Å². The Hall–Kier alpha value is -1.88. The summed E-state index contributed by atoms with van der Waals surface area (Å²) in [5.74, 6) is -0.606. The SMILES string of the molecule is CC(C)C(CNC(=O)[C@@H]1CC[C@H](C(=O)O)O1)c1ccccc1. The van der Waals surface area contributed by atoms with Crippen LogP contribution in [-0.4, -0.2) is 35.7 Å². The summed E-state index contributed by atoms with van der Waals surface area (Å²) in [5.41, 5.74) is 1.19. The molecule has 1 unspecified atom stereocenters. The monoisotopic (exact) mass is 305 g/mol. The lowest BCUT2D eigenvalue weighted by atomic mass is 9.88. The number of aliphatic carboxylic acids is 1. The van der Waals surface area contributed by atoms with Crippen molar-refractivity contribution in [1.29, 1.82) is 0 Å². The molecule has 0 saturated carbocycles. The summed E-state index contributed by atoms with van der Waals surface area (Å²) < 4.78 is 5.27. The molecular weight excluding hydrogens is 282 g/mol. The first kappa shape index (κ1) is 16.5. The lowest BCUT2D eigenvalue weighted by Crippen LogP contribution is -2.38. The summed E-state index contributed by atoms with van der Waals surface area (Å²) in [5, 5.41) is 11.8. The molecule has 0 radical (unpaired) electrons. The average molecular weight is 305 g/mol. The highest BCUT2D eigenvalue weighted by Crippen LogP contribution is 2.24. The Morgan fingerprint density at radius 3 is 2.41 bits per heavy atom. The van der Waals surface area contributed by atoms with Crippen molar-refractivity contribution < 1.29 is 19.4 Å². The highest BCUT2D eigenvalue weighted by atomic mass is 16.5. The third kappa shape index (κ3) is 4.07. The second kappa shape index (κ2) is 7.40. The number of benzene rings is 1. The molecule has 5 heteroatoms. The van der Waals surface area contributed by atoms with Crippen LogP contribution >= 0.6 is 0 Å². The zero-order chi connectivity index (χ0) is 16.1. The van der Waals surface area contributed by atoms with Crippen LogP contribution in [0.3, 0.4) is 0 Å². The number of carboxylic acids is 1. The van der Waals surface area contributed by atoms with Crippen molar-refractivity contribution >= 4 is 11.9 Å². The van der Waals surface area contributed by atoms with Gasteiger partial charge in [-0.2, -0.15) is 0 Å². The predicted molar refractivity (Wildman–Crippen MR) is 82.6 cm³/mol. The number of nitrogens with one attached hydrogen (secondary N) is 1. The highest BCUT2D eigenvalue weighted by molar-refractivity contribution is 5.82. The van der Waals surface area contributed by atoms with Gasteiger partial charge in [0.1, 0.15) is 6.10 Å². The molecule has 1 aromatic rings. The van der Waals surface area contributed by atoms with Crippen molar-refractivity contribution in [3.8, 4) is 0 Å². The number of carboxylic acid groups (broad SMARTS) is 1. The molecule has 3 atom stereocenters. The quantitative estimate of drug-likeness (QED) is 0.844. The maximum atomic E-state index is 12.1. The van der Waals surface area contributed by atoms with Gasteiger partial charge in [-0.05, 0) is 24.3 Å². The van der Waals surface area contributed by atoms with Crippen LogP contribution in [0.15, 0.2) is 30.3 Å². The number of amides is 1. The standard InChI is InChI=1S/C17H23NO4/c1-11(2)13(12-6-4-3-5-7-12)10-18-16(19)14-8-9-15(22-14)17(20)21/h3-7,11,13-15H,8-10H2,1-2H3,(H,18,19)(H,20,21)/t13?,14-,15+/m0/s1. The number of carbonyl (C=O) groups is 2. The maximum absolute atomic E-state index is 12.1. The summed E-state index contributed by atoms with van der Waals surface area (Å²) >= 11 is 0. The molecule has 2 rings (SSSR count). The fourth-order valence-electron chi connectivity index (χ4n) is 2.77. The third-order valence-electron chi connectivity index (χ3n) is 4.12. The Kier molecular flexibility index (Phi) is 5.55. The summed E-state index contributed by atoms with van der Waals surface area (Å²) in [6, 6.07) is 10.1. The van der Waals surface area contributed by atoms with Crippen LogP contribution in [0.4, 0.5) is 0 Å². The smallest absolute Gasteiger partial charge is 0.332 e. The van der Waals surface area contributed by atoms with Gasteiger partial charge in [-0.1, -0.05) is 44.2 Å². The maximum Gasteiger partial charge on any atom is 0.332 e. The van der Waals surface area contributed by atoms with Gasteiger partial charge in [0.15, 0.2) is 6.10 Å². The lowest BCUT2D eigenvalue weighted by molar-refractivity contribution is -0.151. The summed E-state index contributed by atoms with van der Waals surface area (Å²) in [7, 11) is 0. The minimum Gasteiger partial charge on any atom is -0.479 e. The van der Waals surface area contributed by atoms with E-state index in [1.54, 1.807) is 0 Å². The topological polar surface area (TPSA) is 75.6 Å². The van der Waals surface area contributed by atoms with Crippen LogP contribution in [-0.2, 0) is 14.3 Å². The van der Waals surface area contributed by atoms with Gasteiger partial charge in [0.2, 0.25) is 5.91 Å². The molecule has 1 heterocycles. The van der Waals surface area contributed by atoms with Gasteiger partial charge < -0.3 is 15.2 Å². The predicted octanol–water partition coefficient (Wildman–Crippen LogP) is 2.17. The van der Waals surface area contributed by atoms with Gasteiger partial charge >= 0.3 is 5.97 Å². The van der Waals surface area contributed by atoms with Crippen molar-refractivity contribution in [3.63, 3.8) is 0 Å². The highest BCUT2D eigenvalue weighted by Gasteiger charge is 2.34. The second-order valence-corrected chi connectivity index (χ2v) is 6.04. The molecule has 1 fully saturated rings. The van der Waals surface area contributed by atoms with Crippen molar-refractivity contribution in [3.05, 3.63) is 35.9 Å². The van der Waals surface area contributed by atoms with E-state index in [0.717, 1.165) is 0 Å². The van der Waals surface area contributed by atoms with Crippen LogP contribution in [0.1, 0.15) is 38.2 Å². The minimum absolute atomic E-state index is 0.217. The zero-order valence-electron chi connectivity index (χ0n) is 13.0. The number of ether oxygens (including phenoxy) is 1. The van der Waals surface area contributed by atoms with Crippen molar-refractivity contribution in [2.45, 2.75) is 44.8 Å². The molecule has 0 bridgehead atoms. The average Bonchev–Trinajstić information content (AvgIpc) is 2.98. The minimum atomic E-state index is -1.00. The molecule has 22 heavy (non-hydrogen) atoms. The number of hydrogen-bond acceptors (Lipinski definition) is 3. The molecule has 0 aromatic heterocycles. The molecule has 1 amide bonds.